The summed E-state index contributed by atoms with van der Waals surface area (Å²) >= 11 is 1.85. The second-order valence-electron chi connectivity index (χ2n) is 4.46. The molecule has 1 aromatic carbocycles. The summed E-state index contributed by atoms with van der Waals surface area (Å²) in [6.07, 6.45) is 3.33. The summed E-state index contributed by atoms with van der Waals surface area (Å²) < 4.78 is 11.1. The van der Waals surface area contributed by atoms with E-state index in [9.17, 15) is 0 Å². The maximum Gasteiger partial charge on any atom is 0.162 e. The van der Waals surface area contributed by atoms with Crippen LogP contribution in [0.2, 0.25) is 0 Å². The monoisotopic (exact) mass is 267 g/mol. The van der Waals surface area contributed by atoms with Crippen molar-refractivity contribution in [3.8, 4) is 11.5 Å². The van der Waals surface area contributed by atoms with Crippen LogP contribution in [0, 0.1) is 0 Å². The van der Waals surface area contributed by atoms with Crippen molar-refractivity contribution >= 4 is 11.8 Å². The van der Waals surface area contributed by atoms with Crippen molar-refractivity contribution in [3.05, 3.63) is 18.2 Å². The van der Waals surface area contributed by atoms with E-state index in [2.05, 4.69) is 19.1 Å². The molecule has 1 aliphatic rings. The number of thioether (sulfide) groups is 1. The SMILES string of the molecule is CCC(N)CCCSc1ccc2c(c1)OCCO2. The van der Waals surface area contributed by atoms with Crippen molar-refractivity contribution in [1.82, 2.24) is 0 Å². The maximum atomic E-state index is 5.90. The molecule has 1 aliphatic heterocycles. The Balaban J connectivity index is 1.79. The van der Waals surface area contributed by atoms with Gasteiger partial charge < -0.3 is 15.2 Å². The van der Waals surface area contributed by atoms with Crippen LogP contribution in [0.3, 0.4) is 0 Å². The smallest absolute Gasteiger partial charge is 0.162 e. The molecule has 3 nitrogen and oxygen atoms in total. The molecule has 0 bridgehead atoms. The van der Waals surface area contributed by atoms with Crippen molar-refractivity contribution in [1.29, 1.82) is 0 Å². The van der Waals surface area contributed by atoms with Crippen molar-refractivity contribution in [2.75, 3.05) is 19.0 Å². The van der Waals surface area contributed by atoms with Gasteiger partial charge in [0.1, 0.15) is 13.2 Å². The van der Waals surface area contributed by atoms with Crippen LogP contribution >= 0.6 is 11.8 Å². The first-order valence-corrected chi connectivity index (χ1v) is 7.56. The first-order valence-electron chi connectivity index (χ1n) is 6.57. The van der Waals surface area contributed by atoms with E-state index in [-0.39, 0.29) is 0 Å². The number of nitrogens with two attached hydrogens (primary N) is 1. The van der Waals surface area contributed by atoms with E-state index in [0.29, 0.717) is 19.3 Å². The highest BCUT2D eigenvalue weighted by atomic mass is 32.2. The molecule has 0 aromatic heterocycles. The molecule has 0 saturated carbocycles. The van der Waals surface area contributed by atoms with Gasteiger partial charge >= 0.3 is 0 Å². The summed E-state index contributed by atoms with van der Waals surface area (Å²) in [6.45, 7) is 3.43. The van der Waals surface area contributed by atoms with E-state index in [0.717, 1.165) is 36.5 Å². The summed E-state index contributed by atoms with van der Waals surface area (Å²) in [7, 11) is 0. The molecule has 0 fully saturated rings. The molecular formula is C14H21NO2S. The fourth-order valence-electron chi connectivity index (χ4n) is 1.85. The van der Waals surface area contributed by atoms with Gasteiger partial charge in [0.25, 0.3) is 0 Å². The second-order valence-corrected chi connectivity index (χ2v) is 5.63. The number of hydrogen-bond acceptors (Lipinski definition) is 4. The normalized spacial score (nSPS) is 15.4. The number of rotatable bonds is 6. The van der Waals surface area contributed by atoms with Crippen LogP contribution < -0.4 is 15.2 Å². The molecule has 4 heteroatoms. The highest BCUT2D eigenvalue weighted by Crippen LogP contribution is 2.34. The zero-order chi connectivity index (χ0) is 12.8. The van der Waals surface area contributed by atoms with Gasteiger partial charge in [-0.05, 0) is 43.2 Å². The highest BCUT2D eigenvalue weighted by molar-refractivity contribution is 7.99. The lowest BCUT2D eigenvalue weighted by Crippen LogP contribution is -2.18. The summed E-state index contributed by atoms with van der Waals surface area (Å²) in [5, 5.41) is 0. The van der Waals surface area contributed by atoms with Crippen LogP contribution in [-0.4, -0.2) is 25.0 Å². The van der Waals surface area contributed by atoms with Crippen molar-refractivity contribution < 1.29 is 9.47 Å². The van der Waals surface area contributed by atoms with Crippen LogP contribution in [0.25, 0.3) is 0 Å². The van der Waals surface area contributed by atoms with Crippen molar-refractivity contribution in [2.24, 2.45) is 5.73 Å². The number of hydrogen-bond donors (Lipinski definition) is 1. The van der Waals surface area contributed by atoms with Gasteiger partial charge in [-0.1, -0.05) is 6.92 Å². The Morgan fingerprint density at radius 2 is 2.06 bits per heavy atom. The molecule has 0 spiro atoms. The fraction of sp³-hybridized carbons (Fsp3) is 0.571. The van der Waals surface area contributed by atoms with Crippen molar-refractivity contribution in [3.63, 3.8) is 0 Å². The Labute approximate surface area is 113 Å². The van der Waals surface area contributed by atoms with Gasteiger partial charge in [0.15, 0.2) is 11.5 Å². The van der Waals surface area contributed by atoms with Crippen LogP contribution in [0.15, 0.2) is 23.1 Å². The zero-order valence-electron chi connectivity index (χ0n) is 10.9. The first-order chi connectivity index (χ1) is 8.79. The molecule has 0 aliphatic carbocycles. The average Bonchev–Trinajstić information content (AvgIpc) is 2.43. The summed E-state index contributed by atoms with van der Waals surface area (Å²) in [5.41, 5.74) is 5.90. The van der Waals surface area contributed by atoms with E-state index in [4.69, 9.17) is 15.2 Å². The summed E-state index contributed by atoms with van der Waals surface area (Å²) in [4.78, 5) is 1.24. The van der Waals surface area contributed by atoms with Crippen LogP contribution in [0.1, 0.15) is 26.2 Å². The van der Waals surface area contributed by atoms with E-state index in [1.54, 1.807) is 0 Å². The largest absolute Gasteiger partial charge is 0.486 e. The third kappa shape index (κ3) is 3.82. The fourth-order valence-corrected chi connectivity index (χ4v) is 2.75. The third-order valence-electron chi connectivity index (χ3n) is 3.03. The molecule has 100 valence electrons. The Bertz CT molecular complexity index is 384. The van der Waals surface area contributed by atoms with Crippen LogP contribution in [-0.2, 0) is 0 Å². The minimum Gasteiger partial charge on any atom is -0.486 e. The van der Waals surface area contributed by atoms with Crippen molar-refractivity contribution in [2.45, 2.75) is 37.1 Å². The predicted molar refractivity (Wildman–Crippen MR) is 75.7 cm³/mol. The van der Waals surface area contributed by atoms with E-state index >= 15 is 0 Å². The Morgan fingerprint density at radius 3 is 2.83 bits per heavy atom. The molecule has 1 heterocycles. The quantitative estimate of drug-likeness (QED) is 0.635. The predicted octanol–water partition coefficient (Wildman–Crippen LogP) is 3.07. The molecule has 18 heavy (non-hydrogen) atoms. The number of fused-ring (bicyclic) bond motifs is 1. The lowest BCUT2D eigenvalue weighted by atomic mass is 10.1. The molecular weight excluding hydrogens is 246 g/mol. The Hall–Kier alpha value is -0.870. The molecule has 0 amide bonds. The topological polar surface area (TPSA) is 44.5 Å². The number of benzene rings is 1. The van der Waals surface area contributed by atoms with Gasteiger partial charge in [-0.15, -0.1) is 11.8 Å². The van der Waals surface area contributed by atoms with E-state index < -0.39 is 0 Å². The van der Waals surface area contributed by atoms with Gasteiger partial charge in [0.05, 0.1) is 0 Å². The molecule has 0 radical (unpaired) electrons. The minimum absolute atomic E-state index is 0.353. The minimum atomic E-state index is 0.353. The van der Waals surface area contributed by atoms with Gasteiger partial charge in [0, 0.05) is 10.9 Å². The van der Waals surface area contributed by atoms with Gasteiger partial charge in [-0.3, -0.25) is 0 Å². The van der Waals surface area contributed by atoms with Crippen LogP contribution in [0.4, 0.5) is 0 Å². The van der Waals surface area contributed by atoms with Gasteiger partial charge in [-0.25, -0.2) is 0 Å². The molecule has 1 atom stereocenters. The first kappa shape index (κ1) is 13.6. The van der Waals surface area contributed by atoms with Gasteiger partial charge in [0.2, 0.25) is 0 Å². The molecule has 1 aromatic rings. The van der Waals surface area contributed by atoms with E-state index in [1.807, 2.05) is 17.8 Å². The molecule has 2 N–H and O–H groups in total. The van der Waals surface area contributed by atoms with E-state index in [1.165, 1.54) is 4.90 Å². The lowest BCUT2D eigenvalue weighted by Gasteiger charge is -2.18. The average molecular weight is 267 g/mol. The summed E-state index contributed by atoms with van der Waals surface area (Å²) in [5.74, 6) is 2.84. The maximum absolute atomic E-state index is 5.90. The highest BCUT2D eigenvalue weighted by Gasteiger charge is 2.11. The standard InChI is InChI=1S/C14H21NO2S/c1-2-11(15)4-3-9-18-12-5-6-13-14(10-12)17-8-7-16-13/h5-6,10-11H,2-4,7-9,15H2,1H3. The Morgan fingerprint density at radius 1 is 1.28 bits per heavy atom. The lowest BCUT2D eigenvalue weighted by molar-refractivity contribution is 0.171. The summed E-state index contributed by atoms with van der Waals surface area (Å²) in [6, 6.07) is 6.51. The molecule has 2 rings (SSSR count). The van der Waals surface area contributed by atoms with Crippen LogP contribution in [0.5, 0.6) is 11.5 Å². The molecule has 1 unspecified atom stereocenters. The Kier molecular flexibility index (Phi) is 5.20. The third-order valence-corrected chi connectivity index (χ3v) is 4.11. The molecule has 0 saturated heterocycles. The number of ether oxygens (including phenoxy) is 2. The second kappa shape index (κ2) is 6.90. The zero-order valence-corrected chi connectivity index (χ0v) is 11.7. The van der Waals surface area contributed by atoms with Gasteiger partial charge in [-0.2, -0.15) is 0 Å².